The number of hydrogen-bond donors (Lipinski definition) is 2. The molecule has 0 spiro atoms. The number of aromatic nitrogens is 2. The van der Waals surface area contributed by atoms with Gasteiger partial charge in [-0.25, -0.2) is 4.68 Å². The molecule has 1 saturated heterocycles. The summed E-state index contributed by atoms with van der Waals surface area (Å²) in [6.07, 6.45) is 0.426. The highest BCUT2D eigenvalue weighted by Crippen LogP contribution is 2.30. The van der Waals surface area contributed by atoms with Crippen molar-refractivity contribution in [2.24, 2.45) is 13.0 Å². The number of ether oxygens (including phenoxy) is 1. The van der Waals surface area contributed by atoms with Crippen molar-refractivity contribution in [3.63, 3.8) is 0 Å². The van der Waals surface area contributed by atoms with Crippen molar-refractivity contribution in [2.45, 2.75) is 19.4 Å². The van der Waals surface area contributed by atoms with E-state index in [1.807, 2.05) is 0 Å². The van der Waals surface area contributed by atoms with E-state index in [9.17, 15) is 14.9 Å². The standard InChI is InChI=1S/C11H16N4O5/c1-3-7-9(15(18)19)10(14(2)13-7)12-8-5-20-4-6(8)11(16)17/h6,8,12H,3-5H2,1-2H3,(H,16,17). The van der Waals surface area contributed by atoms with Gasteiger partial charge in [0.2, 0.25) is 5.82 Å². The van der Waals surface area contributed by atoms with Crippen molar-refractivity contribution in [2.75, 3.05) is 18.5 Å². The molecule has 2 atom stereocenters. The minimum Gasteiger partial charge on any atom is -0.481 e. The Kier molecular flexibility index (Phi) is 3.89. The number of rotatable bonds is 5. The van der Waals surface area contributed by atoms with Crippen LogP contribution in [0.4, 0.5) is 11.5 Å². The highest BCUT2D eigenvalue weighted by molar-refractivity contribution is 5.73. The molecular weight excluding hydrogens is 268 g/mol. The maximum Gasteiger partial charge on any atom is 0.333 e. The second-order valence-electron chi connectivity index (χ2n) is 4.61. The predicted molar refractivity (Wildman–Crippen MR) is 68.6 cm³/mol. The summed E-state index contributed by atoms with van der Waals surface area (Å²) in [6.45, 7) is 2.07. The van der Waals surface area contributed by atoms with E-state index < -0.39 is 22.9 Å². The van der Waals surface area contributed by atoms with Crippen molar-refractivity contribution >= 4 is 17.5 Å². The number of carbonyl (C=O) groups is 1. The van der Waals surface area contributed by atoms with Crippen LogP contribution in [0.2, 0.25) is 0 Å². The Labute approximate surface area is 114 Å². The predicted octanol–water partition coefficient (Wildman–Crippen LogP) is 0.402. The number of aliphatic carboxylic acids is 1. The maximum atomic E-state index is 11.2. The summed E-state index contributed by atoms with van der Waals surface area (Å²) in [7, 11) is 1.58. The minimum absolute atomic E-state index is 0.0965. The third-order valence-corrected chi connectivity index (χ3v) is 3.33. The number of nitrogens with zero attached hydrogens (tertiary/aromatic N) is 3. The smallest absolute Gasteiger partial charge is 0.333 e. The Morgan fingerprint density at radius 1 is 1.65 bits per heavy atom. The number of anilines is 1. The molecule has 1 aromatic heterocycles. The Morgan fingerprint density at radius 2 is 2.35 bits per heavy atom. The molecule has 1 aliphatic rings. The summed E-state index contributed by atoms with van der Waals surface area (Å²) >= 11 is 0. The van der Waals surface area contributed by atoms with Gasteiger partial charge in [0.05, 0.1) is 24.2 Å². The van der Waals surface area contributed by atoms with Gasteiger partial charge < -0.3 is 15.2 Å². The number of hydrogen-bond acceptors (Lipinski definition) is 6. The van der Waals surface area contributed by atoms with Gasteiger partial charge in [-0.3, -0.25) is 14.9 Å². The summed E-state index contributed by atoms with van der Waals surface area (Å²) < 4.78 is 6.50. The number of carboxylic acid groups (broad SMARTS) is 1. The van der Waals surface area contributed by atoms with Crippen LogP contribution in [-0.4, -0.2) is 45.0 Å². The average Bonchev–Trinajstić information content (AvgIpc) is 2.95. The number of nitro groups is 1. The van der Waals surface area contributed by atoms with Gasteiger partial charge in [-0.05, 0) is 6.42 Å². The lowest BCUT2D eigenvalue weighted by atomic mass is 10.0. The molecule has 1 fully saturated rings. The second kappa shape index (κ2) is 5.45. The molecule has 0 aromatic carbocycles. The first kappa shape index (κ1) is 14.3. The largest absolute Gasteiger partial charge is 0.481 e. The molecule has 0 aliphatic carbocycles. The first-order valence-corrected chi connectivity index (χ1v) is 6.23. The van der Waals surface area contributed by atoms with Crippen LogP contribution in [0, 0.1) is 16.0 Å². The van der Waals surface area contributed by atoms with Gasteiger partial charge in [0, 0.05) is 7.05 Å². The molecule has 1 aliphatic heterocycles. The summed E-state index contributed by atoms with van der Waals surface area (Å²) in [4.78, 5) is 21.8. The van der Waals surface area contributed by atoms with Crippen molar-refractivity contribution in [3.05, 3.63) is 15.8 Å². The van der Waals surface area contributed by atoms with Crippen LogP contribution < -0.4 is 5.32 Å². The fraction of sp³-hybridized carbons (Fsp3) is 0.636. The van der Waals surface area contributed by atoms with E-state index in [1.54, 1.807) is 14.0 Å². The van der Waals surface area contributed by atoms with Gasteiger partial charge in [0.1, 0.15) is 11.6 Å². The monoisotopic (exact) mass is 284 g/mol. The van der Waals surface area contributed by atoms with Gasteiger partial charge in [-0.2, -0.15) is 5.10 Å². The van der Waals surface area contributed by atoms with Crippen LogP contribution in [0.5, 0.6) is 0 Å². The van der Waals surface area contributed by atoms with Crippen molar-refractivity contribution in [3.8, 4) is 0 Å². The Balaban J connectivity index is 2.31. The fourth-order valence-electron chi connectivity index (χ4n) is 2.28. The molecule has 2 N–H and O–H groups in total. The molecule has 1 aromatic rings. The quantitative estimate of drug-likeness (QED) is 0.593. The van der Waals surface area contributed by atoms with Crippen molar-refractivity contribution in [1.29, 1.82) is 0 Å². The lowest BCUT2D eigenvalue weighted by molar-refractivity contribution is -0.384. The zero-order valence-electron chi connectivity index (χ0n) is 11.2. The summed E-state index contributed by atoms with van der Waals surface area (Å²) in [5.74, 6) is -1.50. The van der Waals surface area contributed by atoms with E-state index in [4.69, 9.17) is 9.84 Å². The molecule has 2 heterocycles. The summed E-state index contributed by atoms with van der Waals surface area (Å²) in [6, 6.07) is -0.508. The first-order valence-electron chi connectivity index (χ1n) is 6.23. The molecule has 0 bridgehead atoms. The van der Waals surface area contributed by atoms with E-state index in [2.05, 4.69) is 10.4 Å². The number of carboxylic acids is 1. The summed E-state index contributed by atoms with van der Waals surface area (Å²) in [5.41, 5.74) is 0.261. The van der Waals surface area contributed by atoms with Crippen LogP contribution in [0.3, 0.4) is 0 Å². The molecule has 9 heteroatoms. The van der Waals surface area contributed by atoms with Crippen LogP contribution in [0.1, 0.15) is 12.6 Å². The van der Waals surface area contributed by atoms with Gasteiger partial charge in [-0.15, -0.1) is 0 Å². The normalized spacial score (nSPS) is 21.9. The Bertz CT molecular complexity index is 541. The lowest BCUT2D eigenvalue weighted by Crippen LogP contribution is -2.34. The zero-order valence-corrected chi connectivity index (χ0v) is 11.2. The van der Waals surface area contributed by atoms with E-state index >= 15 is 0 Å². The van der Waals surface area contributed by atoms with Crippen molar-refractivity contribution < 1.29 is 19.6 Å². The molecule has 9 nitrogen and oxygen atoms in total. The zero-order chi connectivity index (χ0) is 14.9. The Hall–Kier alpha value is -2.16. The van der Waals surface area contributed by atoms with Gasteiger partial charge in [0.25, 0.3) is 0 Å². The third-order valence-electron chi connectivity index (χ3n) is 3.33. The Morgan fingerprint density at radius 3 is 2.90 bits per heavy atom. The topological polar surface area (TPSA) is 120 Å². The maximum absolute atomic E-state index is 11.2. The number of nitrogens with one attached hydrogen (secondary N) is 1. The molecule has 20 heavy (non-hydrogen) atoms. The molecule has 0 saturated carbocycles. The van der Waals surface area contributed by atoms with Gasteiger partial charge >= 0.3 is 11.7 Å². The SMILES string of the molecule is CCc1nn(C)c(NC2COCC2C(=O)O)c1[N+](=O)[O-]. The van der Waals surface area contributed by atoms with E-state index in [-0.39, 0.29) is 24.7 Å². The average molecular weight is 284 g/mol. The van der Waals surface area contributed by atoms with E-state index in [0.29, 0.717) is 12.1 Å². The van der Waals surface area contributed by atoms with Crippen LogP contribution in [-0.2, 0) is 23.0 Å². The molecule has 2 rings (SSSR count). The third kappa shape index (κ3) is 2.44. The van der Waals surface area contributed by atoms with Crippen LogP contribution in [0.25, 0.3) is 0 Å². The van der Waals surface area contributed by atoms with Crippen LogP contribution >= 0.6 is 0 Å². The highest BCUT2D eigenvalue weighted by Gasteiger charge is 2.37. The molecular formula is C11H16N4O5. The highest BCUT2D eigenvalue weighted by atomic mass is 16.6. The fourth-order valence-corrected chi connectivity index (χ4v) is 2.28. The molecule has 0 radical (unpaired) electrons. The second-order valence-corrected chi connectivity index (χ2v) is 4.61. The van der Waals surface area contributed by atoms with E-state index in [0.717, 1.165) is 0 Å². The van der Waals surface area contributed by atoms with Crippen LogP contribution in [0.15, 0.2) is 0 Å². The number of aryl methyl sites for hydroxylation is 2. The molecule has 110 valence electrons. The summed E-state index contributed by atoms with van der Waals surface area (Å²) in [5, 5.41) is 27.2. The van der Waals surface area contributed by atoms with E-state index in [1.165, 1.54) is 4.68 Å². The molecule has 2 unspecified atom stereocenters. The first-order chi connectivity index (χ1) is 9.45. The van der Waals surface area contributed by atoms with Gasteiger partial charge in [0.15, 0.2) is 0 Å². The minimum atomic E-state index is -0.986. The van der Waals surface area contributed by atoms with Crippen molar-refractivity contribution in [1.82, 2.24) is 9.78 Å². The van der Waals surface area contributed by atoms with Gasteiger partial charge in [-0.1, -0.05) is 6.92 Å². The molecule has 0 amide bonds. The lowest BCUT2D eigenvalue weighted by Gasteiger charge is -2.16.